The fourth-order valence-electron chi connectivity index (χ4n) is 2.22. The van der Waals surface area contributed by atoms with Crippen LogP contribution in [0.5, 0.6) is 0 Å². The van der Waals surface area contributed by atoms with Gasteiger partial charge in [0.1, 0.15) is 11.5 Å². The zero-order valence-electron chi connectivity index (χ0n) is 14.8. The number of hydrogen-bond donors (Lipinski definition) is 2. The molecule has 2 N–H and O–H groups in total. The van der Waals surface area contributed by atoms with Gasteiger partial charge in [-0.15, -0.1) is 0 Å². The molecule has 0 spiro atoms. The van der Waals surface area contributed by atoms with Crippen molar-refractivity contribution in [3.05, 3.63) is 52.4 Å². The SMILES string of the molecule is Cc1c(Cl)cccc1NC(=S)NCCSCc1ccc(CN(C)C)o1. The second kappa shape index (κ2) is 10.1. The lowest BCUT2D eigenvalue weighted by Gasteiger charge is -2.13. The van der Waals surface area contributed by atoms with Gasteiger partial charge in [-0.25, -0.2) is 0 Å². The van der Waals surface area contributed by atoms with E-state index < -0.39 is 0 Å². The second-order valence-corrected chi connectivity index (χ2v) is 7.87. The van der Waals surface area contributed by atoms with Gasteiger partial charge >= 0.3 is 0 Å². The van der Waals surface area contributed by atoms with Crippen LogP contribution in [0.3, 0.4) is 0 Å². The highest BCUT2D eigenvalue weighted by Gasteiger charge is 2.05. The normalized spacial score (nSPS) is 10.9. The summed E-state index contributed by atoms with van der Waals surface area (Å²) in [6.07, 6.45) is 0. The third kappa shape index (κ3) is 6.90. The van der Waals surface area contributed by atoms with Gasteiger partial charge in [0.05, 0.1) is 12.3 Å². The Morgan fingerprint density at radius 3 is 2.76 bits per heavy atom. The molecule has 2 aromatic rings. The molecule has 136 valence electrons. The van der Waals surface area contributed by atoms with Crippen LogP contribution < -0.4 is 10.6 Å². The Labute approximate surface area is 164 Å². The Hall–Kier alpha value is -1.21. The Morgan fingerprint density at radius 2 is 2.00 bits per heavy atom. The summed E-state index contributed by atoms with van der Waals surface area (Å²) < 4.78 is 5.79. The van der Waals surface area contributed by atoms with Crippen molar-refractivity contribution in [1.82, 2.24) is 10.2 Å². The van der Waals surface area contributed by atoms with Gasteiger partial charge in [-0.3, -0.25) is 0 Å². The summed E-state index contributed by atoms with van der Waals surface area (Å²) in [4.78, 5) is 2.09. The van der Waals surface area contributed by atoms with Gasteiger partial charge in [0.15, 0.2) is 5.11 Å². The number of hydrogen-bond acceptors (Lipinski definition) is 4. The summed E-state index contributed by atoms with van der Waals surface area (Å²) in [6, 6.07) is 9.83. The fraction of sp³-hybridized carbons (Fsp3) is 0.389. The van der Waals surface area contributed by atoms with Crippen molar-refractivity contribution in [3.8, 4) is 0 Å². The van der Waals surface area contributed by atoms with Crippen LogP contribution in [0, 0.1) is 6.92 Å². The topological polar surface area (TPSA) is 40.4 Å². The molecule has 25 heavy (non-hydrogen) atoms. The van der Waals surface area contributed by atoms with E-state index in [9.17, 15) is 0 Å². The predicted octanol–water partition coefficient (Wildman–Crippen LogP) is 4.52. The number of benzene rings is 1. The van der Waals surface area contributed by atoms with E-state index in [4.69, 9.17) is 28.2 Å². The number of anilines is 1. The highest BCUT2D eigenvalue weighted by Crippen LogP contribution is 2.22. The van der Waals surface area contributed by atoms with Crippen molar-refractivity contribution in [3.63, 3.8) is 0 Å². The maximum absolute atomic E-state index is 6.11. The van der Waals surface area contributed by atoms with Crippen LogP contribution in [0.25, 0.3) is 0 Å². The maximum Gasteiger partial charge on any atom is 0.170 e. The lowest BCUT2D eigenvalue weighted by atomic mass is 10.2. The fourth-order valence-corrected chi connectivity index (χ4v) is 3.35. The van der Waals surface area contributed by atoms with Gasteiger partial charge in [0.25, 0.3) is 0 Å². The molecule has 4 nitrogen and oxygen atoms in total. The molecule has 0 atom stereocenters. The van der Waals surface area contributed by atoms with Gasteiger partial charge in [0.2, 0.25) is 0 Å². The van der Waals surface area contributed by atoms with Crippen molar-refractivity contribution in [1.29, 1.82) is 0 Å². The highest BCUT2D eigenvalue weighted by atomic mass is 35.5. The van der Waals surface area contributed by atoms with E-state index in [1.807, 2.05) is 63.1 Å². The summed E-state index contributed by atoms with van der Waals surface area (Å²) in [5, 5.41) is 7.74. The van der Waals surface area contributed by atoms with Gasteiger partial charge < -0.3 is 20.0 Å². The first kappa shape index (κ1) is 20.1. The van der Waals surface area contributed by atoms with Gasteiger partial charge in [-0.05, 0) is 63.1 Å². The lowest BCUT2D eigenvalue weighted by molar-refractivity contribution is 0.344. The first-order valence-corrected chi connectivity index (χ1v) is 10.00. The summed E-state index contributed by atoms with van der Waals surface area (Å²) >= 11 is 13.3. The highest BCUT2D eigenvalue weighted by molar-refractivity contribution is 7.98. The first-order valence-electron chi connectivity index (χ1n) is 8.05. The van der Waals surface area contributed by atoms with Crippen molar-refractivity contribution in [2.75, 3.05) is 31.7 Å². The molecular weight excluding hydrogens is 374 g/mol. The van der Waals surface area contributed by atoms with Crippen molar-refractivity contribution in [2.24, 2.45) is 0 Å². The molecule has 0 aliphatic heterocycles. The Bertz CT molecular complexity index is 703. The van der Waals surface area contributed by atoms with E-state index in [0.29, 0.717) is 5.11 Å². The van der Waals surface area contributed by atoms with Crippen molar-refractivity contribution >= 4 is 46.4 Å². The molecule has 0 saturated carbocycles. The monoisotopic (exact) mass is 397 g/mol. The van der Waals surface area contributed by atoms with Crippen LogP contribution in [0.4, 0.5) is 5.69 Å². The molecule has 0 amide bonds. The van der Waals surface area contributed by atoms with E-state index in [1.165, 1.54) is 0 Å². The van der Waals surface area contributed by atoms with Crippen LogP contribution in [-0.4, -0.2) is 36.4 Å². The average Bonchev–Trinajstić information content (AvgIpc) is 2.98. The van der Waals surface area contributed by atoms with E-state index >= 15 is 0 Å². The minimum Gasteiger partial charge on any atom is -0.464 e. The molecule has 1 heterocycles. The largest absolute Gasteiger partial charge is 0.464 e. The van der Waals surface area contributed by atoms with E-state index in [-0.39, 0.29) is 0 Å². The Morgan fingerprint density at radius 1 is 1.24 bits per heavy atom. The molecule has 0 aliphatic rings. The molecule has 1 aromatic heterocycles. The van der Waals surface area contributed by atoms with Gasteiger partial charge in [-0.2, -0.15) is 11.8 Å². The number of rotatable bonds is 8. The standard InChI is InChI=1S/C18H24ClN3OS2/c1-13-16(19)5-4-6-17(13)21-18(24)20-9-10-25-12-15-8-7-14(23-15)11-22(2)3/h4-8H,9-12H2,1-3H3,(H2,20,21,24). The quantitative estimate of drug-likeness (QED) is 0.504. The second-order valence-electron chi connectivity index (χ2n) is 5.95. The number of nitrogens with one attached hydrogen (secondary N) is 2. The zero-order valence-corrected chi connectivity index (χ0v) is 17.2. The van der Waals surface area contributed by atoms with Crippen LogP contribution in [0.1, 0.15) is 17.1 Å². The molecule has 0 radical (unpaired) electrons. The maximum atomic E-state index is 6.11. The van der Waals surface area contributed by atoms with Crippen LogP contribution in [0.2, 0.25) is 5.02 Å². The van der Waals surface area contributed by atoms with Crippen molar-refractivity contribution < 1.29 is 4.42 Å². The van der Waals surface area contributed by atoms with Gasteiger partial charge in [0, 0.05) is 23.0 Å². The first-order chi connectivity index (χ1) is 12.0. The number of thiocarbonyl (C=S) groups is 1. The molecule has 0 bridgehead atoms. The smallest absolute Gasteiger partial charge is 0.170 e. The lowest BCUT2D eigenvalue weighted by Crippen LogP contribution is -2.30. The zero-order chi connectivity index (χ0) is 18.2. The summed E-state index contributed by atoms with van der Waals surface area (Å²) in [5.41, 5.74) is 1.93. The third-order valence-corrected chi connectivity index (χ3v) is 5.12. The number of furan rings is 1. The average molecular weight is 398 g/mol. The molecule has 0 fully saturated rings. The number of halogens is 1. The molecule has 0 saturated heterocycles. The van der Waals surface area contributed by atoms with Crippen LogP contribution in [-0.2, 0) is 12.3 Å². The molecule has 7 heteroatoms. The van der Waals surface area contributed by atoms with Crippen LogP contribution in [0.15, 0.2) is 34.7 Å². The minimum atomic E-state index is 0.609. The number of thioether (sulfide) groups is 1. The molecule has 0 unspecified atom stereocenters. The van der Waals surface area contributed by atoms with Crippen LogP contribution >= 0.6 is 35.6 Å². The third-order valence-electron chi connectivity index (χ3n) is 3.48. The summed E-state index contributed by atoms with van der Waals surface area (Å²) in [5.74, 6) is 3.82. The van der Waals surface area contributed by atoms with Crippen molar-refractivity contribution in [2.45, 2.75) is 19.2 Å². The van der Waals surface area contributed by atoms with E-state index in [2.05, 4.69) is 15.5 Å². The molecule has 1 aromatic carbocycles. The molecule has 0 aliphatic carbocycles. The number of nitrogens with zero attached hydrogens (tertiary/aromatic N) is 1. The van der Waals surface area contributed by atoms with E-state index in [1.54, 1.807) is 0 Å². The molecule has 2 rings (SSSR count). The summed E-state index contributed by atoms with van der Waals surface area (Å²) in [7, 11) is 4.06. The van der Waals surface area contributed by atoms with E-state index in [0.717, 1.165) is 52.4 Å². The summed E-state index contributed by atoms with van der Waals surface area (Å²) in [6.45, 7) is 3.59. The predicted molar refractivity (Wildman–Crippen MR) is 113 cm³/mol. The van der Waals surface area contributed by atoms with Gasteiger partial charge in [-0.1, -0.05) is 17.7 Å². The molecular formula is C18H24ClN3OS2. The Kier molecular flexibility index (Phi) is 8.09. The minimum absolute atomic E-state index is 0.609. The Balaban J connectivity index is 1.65.